The van der Waals surface area contributed by atoms with Crippen LogP contribution >= 0.6 is 0 Å². The first-order valence-corrected chi connectivity index (χ1v) is 11.8. The summed E-state index contributed by atoms with van der Waals surface area (Å²) in [5.41, 5.74) is 2.78. The summed E-state index contributed by atoms with van der Waals surface area (Å²) in [6.07, 6.45) is 14.4. The largest absolute Gasteiger partial charge is 0.288 e. The van der Waals surface area contributed by atoms with Gasteiger partial charge >= 0.3 is 0 Å². The topological polar surface area (TPSA) is 38.9 Å². The molecule has 1 aromatic carbocycles. The molecule has 0 bridgehead atoms. The van der Waals surface area contributed by atoms with Gasteiger partial charge in [0.25, 0.3) is 0 Å². The summed E-state index contributed by atoms with van der Waals surface area (Å²) in [6, 6.07) is 13.3. The quantitative estimate of drug-likeness (QED) is 0.584. The molecular formula is C25H35N6+. The molecule has 2 aliphatic rings. The van der Waals surface area contributed by atoms with Crippen molar-refractivity contribution in [3.8, 4) is 5.69 Å². The van der Waals surface area contributed by atoms with Crippen LogP contribution in [0.1, 0.15) is 51.5 Å². The number of rotatable bonds is 5. The zero-order valence-electron chi connectivity index (χ0n) is 18.9. The monoisotopic (exact) mass is 419 g/mol. The SMILES string of the molecule is CC(C)[N+]1(n2cccn2)CCCC2(CCCCN2Cc2ccccc2-n2cccn2)C1. The highest BCUT2D eigenvalue weighted by Gasteiger charge is 2.52. The number of nitrogens with zero attached hydrogens (tertiary/aromatic N) is 6. The van der Waals surface area contributed by atoms with Gasteiger partial charge in [0.05, 0.1) is 23.6 Å². The minimum Gasteiger partial charge on any atom is -0.288 e. The second-order valence-electron chi connectivity index (χ2n) is 9.67. The molecular weight excluding hydrogens is 384 g/mol. The lowest BCUT2D eigenvalue weighted by Gasteiger charge is -2.56. The summed E-state index contributed by atoms with van der Waals surface area (Å²) >= 11 is 0. The number of para-hydroxylation sites is 1. The zero-order chi connectivity index (χ0) is 21.3. The molecule has 31 heavy (non-hydrogen) atoms. The van der Waals surface area contributed by atoms with Crippen LogP contribution in [-0.4, -0.2) is 55.8 Å². The van der Waals surface area contributed by atoms with Crippen LogP contribution in [0, 0.1) is 0 Å². The van der Waals surface area contributed by atoms with Crippen LogP contribution in [0.25, 0.3) is 5.69 Å². The van der Waals surface area contributed by atoms with Crippen LogP contribution in [0.4, 0.5) is 0 Å². The van der Waals surface area contributed by atoms with Crippen molar-refractivity contribution in [1.29, 1.82) is 0 Å². The Balaban J connectivity index is 1.49. The molecule has 2 atom stereocenters. The van der Waals surface area contributed by atoms with Gasteiger partial charge in [-0.3, -0.25) is 4.90 Å². The lowest BCUT2D eigenvalue weighted by Crippen LogP contribution is -2.74. The summed E-state index contributed by atoms with van der Waals surface area (Å²) in [7, 11) is 0. The number of likely N-dealkylation sites (tertiary alicyclic amines) is 2. The molecule has 6 heteroatoms. The number of benzene rings is 1. The van der Waals surface area contributed by atoms with Gasteiger partial charge in [-0.2, -0.15) is 9.69 Å². The minimum atomic E-state index is 0.226. The van der Waals surface area contributed by atoms with E-state index >= 15 is 0 Å². The summed E-state index contributed by atoms with van der Waals surface area (Å²) in [4.78, 5) is 5.03. The van der Waals surface area contributed by atoms with E-state index in [1.807, 2.05) is 29.3 Å². The van der Waals surface area contributed by atoms with E-state index in [0.717, 1.165) is 17.7 Å². The summed E-state index contributed by atoms with van der Waals surface area (Å²) in [5, 5.41) is 9.23. The third-order valence-electron chi connectivity index (χ3n) is 7.71. The van der Waals surface area contributed by atoms with Crippen molar-refractivity contribution in [3.05, 3.63) is 66.7 Å². The third-order valence-corrected chi connectivity index (χ3v) is 7.71. The predicted molar refractivity (Wildman–Crippen MR) is 124 cm³/mol. The highest BCUT2D eigenvalue weighted by Crippen LogP contribution is 2.40. The summed E-state index contributed by atoms with van der Waals surface area (Å²) in [6.45, 7) is 9.18. The van der Waals surface area contributed by atoms with E-state index in [1.165, 1.54) is 56.4 Å². The van der Waals surface area contributed by atoms with E-state index in [-0.39, 0.29) is 5.54 Å². The highest BCUT2D eigenvalue weighted by molar-refractivity contribution is 5.40. The van der Waals surface area contributed by atoms with Gasteiger partial charge in [-0.05, 0) is 63.4 Å². The molecule has 0 radical (unpaired) electrons. The molecule has 5 rings (SSSR count). The van der Waals surface area contributed by atoms with Crippen LogP contribution in [0.2, 0.25) is 0 Å². The molecule has 1 spiro atoms. The van der Waals surface area contributed by atoms with Crippen molar-refractivity contribution in [2.45, 2.75) is 64.1 Å². The Labute approximate surface area is 185 Å². The smallest absolute Gasteiger partial charge is 0.122 e. The Morgan fingerprint density at radius 3 is 2.55 bits per heavy atom. The first kappa shape index (κ1) is 20.5. The van der Waals surface area contributed by atoms with E-state index in [0.29, 0.717) is 6.04 Å². The van der Waals surface area contributed by atoms with E-state index in [1.54, 1.807) is 0 Å². The molecule has 6 nitrogen and oxygen atoms in total. The number of hydrogen-bond donors (Lipinski definition) is 0. The average molecular weight is 420 g/mol. The van der Waals surface area contributed by atoms with Crippen molar-refractivity contribution in [3.63, 3.8) is 0 Å². The maximum absolute atomic E-state index is 4.73. The molecule has 2 aliphatic heterocycles. The van der Waals surface area contributed by atoms with Gasteiger partial charge in [-0.15, -0.1) is 9.89 Å². The van der Waals surface area contributed by atoms with Crippen molar-refractivity contribution in [1.82, 2.24) is 29.2 Å². The van der Waals surface area contributed by atoms with E-state index in [4.69, 9.17) is 5.10 Å². The fraction of sp³-hybridized carbons (Fsp3) is 0.520. The molecule has 2 aromatic heterocycles. The van der Waals surface area contributed by atoms with E-state index < -0.39 is 0 Å². The Bertz CT molecular complexity index is 975. The standard InChI is InChI=1S/C25H35N6/c1-22(2)31(30-18-9-15-27-30)19-7-13-25(21-31)12-5-6-16-28(25)20-23-10-3-4-11-24(23)29-17-8-14-26-29/h3-4,8-11,14-15,17-18,22H,5-7,12-13,16,19-21H2,1-2H3/q+1. The number of quaternary nitrogens is 1. The predicted octanol–water partition coefficient (Wildman–Crippen LogP) is 4.13. The zero-order valence-corrected chi connectivity index (χ0v) is 18.9. The summed E-state index contributed by atoms with van der Waals surface area (Å²) < 4.78 is 2.94. The van der Waals surface area contributed by atoms with E-state index in [9.17, 15) is 0 Å². The van der Waals surface area contributed by atoms with Crippen LogP contribution < -0.4 is 4.59 Å². The van der Waals surface area contributed by atoms with Crippen LogP contribution in [-0.2, 0) is 6.54 Å². The second kappa shape index (κ2) is 8.24. The third kappa shape index (κ3) is 3.62. The maximum atomic E-state index is 4.73. The molecule has 2 unspecified atom stereocenters. The lowest BCUT2D eigenvalue weighted by molar-refractivity contribution is -0.0752. The minimum absolute atomic E-state index is 0.226. The van der Waals surface area contributed by atoms with Gasteiger partial charge < -0.3 is 0 Å². The summed E-state index contributed by atoms with van der Waals surface area (Å²) in [5.74, 6) is 0. The first-order chi connectivity index (χ1) is 15.1. The molecule has 2 fully saturated rings. The fourth-order valence-corrected chi connectivity index (χ4v) is 6.04. The van der Waals surface area contributed by atoms with Gasteiger partial charge in [0.1, 0.15) is 19.1 Å². The molecule has 2 saturated heterocycles. The van der Waals surface area contributed by atoms with Gasteiger partial charge in [-0.25, -0.2) is 4.68 Å². The molecule has 164 valence electrons. The number of piperidine rings is 2. The molecule has 3 aromatic rings. The highest BCUT2D eigenvalue weighted by atomic mass is 15.8. The number of aromatic nitrogens is 4. The van der Waals surface area contributed by atoms with Crippen molar-refractivity contribution >= 4 is 0 Å². The normalized spacial score (nSPS) is 27.2. The Morgan fingerprint density at radius 2 is 1.77 bits per heavy atom. The van der Waals surface area contributed by atoms with Crippen LogP contribution in [0.15, 0.2) is 61.2 Å². The number of hydrogen-bond acceptors (Lipinski definition) is 3. The lowest BCUT2D eigenvalue weighted by atomic mass is 9.78. The molecule has 0 amide bonds. The van der Waals surface area contributed by atoms with E-state index in [2.05, 4.69) is 65.2 Å². The van der Waals surface area contributed by atoms with Gasteiger partial charge in [0.15, 0.2) is 0 Å². The Hall–Kier alpha value is -2.44. The van der Waals surface area contributed by atoms with Crippen molar-refractivity contribution in [2.75, 3.05) is 19.6 Å². The van der Waals surface area contributed by atoms with Gasteiger partial charge in [0, 0.05) is 25.4 Å². The van der Waals surface area contributed by atoms with Gasteiger partial charge in [0.2, 0.25) is 0 Å². The first-order valence-electron chi connectivity index (χ1n) is 11.8. The Kier molecular flexibility index (Phi) is 5.44. The van der Waals surface area contributed by atoms with Crippen LogP contribution in [0.5, 0.6) is 0 Å². The molecule has 0 aliphatic carbocycles. The van der Waals surface area contributed by atoms with Gasteiger partial charge in [-0.1, -0.05) is 24.6 Å². The molecule has 4 heterocycles. The van der Waals surface area contributed by atoms with Crippen molar-refractivity contribution in [2.24, 2.45) is 0 Å². The second-order valence-corrected chi connectivity index (χ2v) is 9.67. The Morgan fingerprint density at radius 1 is 0.968 bits per heavy atom. The molecule has 0 saturated carbocycles. The van der Waals surface area contributed by atoms with Crippen molar-refractivity contribution < 1.29 is 0 Å². The average Bonchev–Trinajstić information content (AvgIpc) is 3.51. The molecule has 0 N–H and O–H groups in total. The van der Waals surface area contributed by atoms with Crippen LogP contribution in [0.3, 0.4) is 0 Å². The maximum Gasteiger partial charge on any atom is 0.122 e. The fourth-order valence-electron chi connectivity index (χ4n) is 6.04.